The summed E-state index contributed by atoms with van der Waals surface area (Å²) in [6.07, 6.45) is 10.7. The van der Waals surface area contributed by atoms with Gasteiger partial charge in [0.2, 0.25) is 0 Å². The fourth-order valence-corrected chi connectivity index (χ4v) is 2.28. The molecule has 1 N–H and O–H groups in total. The first-order valence-corrected chi connectivity index (χ1v) is 5.49. The second-order valence-electron chi connectivity index (χ2n) is 4.24. The maximum Gasteiger partial charge on any atom is 0.0647 e. The van der Waals surface area contributed by atoms with E-state index >= 15 is 0 Å². The maximum absolute atomic E-state index is 10.2. The van der Waals surface area contributed by atoms with Gasteiger partial charge in [-0.25, -0.2) is 0 Å². The van der Waals surface area contributed by atoms with Crippen LogP contribution in [-0.4, -0.2) is 10.7 Å². The lowest BCUT2D eigenvalue weighted by atomic mass is 9.84. The molecule has 0 amide bonds. The predicted molar refractivity (Wildman–Crippen MR) is 52.2 cm³/mol. The number of hydrogen-bond acceptors (Lipinski definition) is 1. The van der Waals surface area contributed by atoms with E-state index < -0.39 is 0 Å². The largest absolute Gasteiger partial charge is 0.390 e. The number of rotatable bonds is 2. The number of aliphatic hydroxyl groups is 1. The summed E-state index contributed by atoms with van der Waals surface area (Å²) in [6, 6.07) is 0. The first-order valence-electron chi connectivity index (χ1n) is 5.49. The molecule has 0 radical (unpaired) electrons. The predicted octanol–water partition coefficient (Wildman–Crippen LogP) is 3.26. The molecule has 1 fully saturated rings. The van der Waals surface area contributed by atoms with Gasteiger partial charge in [-0.15, -0.1) is 0 Å². The molecule has 1 rings (SSSR count). The zero-order valence-corrected chi connectivity index (χ0v) is 8.31. The van der Waals surface area contributed by atoms with Crippen LogP contribution in [0.2, 0.25) is 0 Å². The highest BCUT2D eigenvalue weighted by molar-refractivity contribution is 4.79. The van der Waals surface area contributed by atoms with E-state index in [1.807, 2.05) is 0 Å². The Bertz CT molecular complexity index is 112. The van der Waals surface area contributed by atoms with Crippen molar-refractivity contribution in [2.75, 3.05) is 0 Å². The molecule has 1 heteroatoms. The maximum atomic E-state index is 10.2. The average molecular weight is 170 g/mol. The van der Waals surface area contributed by atoms with Crippen molar-refractivity contribution in [3.63, 3.8) is 0 Å². The van der Waals surface area contributed by atoms with E-state index in [2.05, 4.69) is 6.92 Å². The van der Waals surface area contributed by atoms with Crippen LogP contribution in [0.5, 0.6) is 0 Å². The lowest BCUT2D eigenvalue weighted by Gasteiger charge is -2.29. The molecule has 0 aliphatic heterocycles. The molecule has 0 bridgehead atoms. The Balaban J connectivity index is 2.36. The van der Waals surface area contributed by atoms with E-state index in [0.29, 0.717) is 0 Å². The minimum Gasteiger partial charge on any atom is -0.390 e. The molecule has 72 valence electrons. The fourth-order valence-electron chi connectivity index (χ4n) is 2.28. The third-order valence-corrected chi connectivity index (χ3v) is 3.00. The van der Waals surface area contributed by atoms with Gasteiger partial charge in [0.05, 0.1) is 5.60 Å². The van der Waals surface area contributed by atoms with Crippen molar-refractivity contribution in [3.05, 3.63) is 0 Å². The highest BCUT2D eigenvalue weighted by Gasteiger charge is 2.25. The van der Waals surface area contributed by atoms with Crippen LogP contribution in [0.3, 0.4) is 0 Å². The monoisotopic (exact) mass is 170 g/mol. The molecular weight excluding hydrogens is 148 g/mol. The van der Waals surface area contributed by atoms with Crippen molar-refractivity contribution < 1.29 is 5.11 Å². The molecule has 1 aliphatic carbocycles. The van der Waals surface area contributed by atoms with E-state index in [0.717, 1.165) is 25.7 Å². The molecule has 1 aliphatic rings. The highest BCUT2D eigenvalue weighted by atomic mass is 16.3. The van der Waals surface area contributed by atoms with Crippen LogP contribution in [-0.2, 0) is 0 Å². The molecular formula is C11H22O. The number of hydrogen-bond donors (Lipinski definition) is 1. The smallest absolute Gasteiger partial charge is 0.0647 e. The third kappa shape index (κ3) is 3.14. The van der Waals surface area contributed by atoms with Crippen LogP contribution < -0.4 is 0 Å². The van der Waals surface area contributed by atoms with Crippen molar-refractivity contribution in [1.29, 1.82) is 0 Å². The molecule has 0 spiro atoms. The Labute approximate surface area is 76.2 Å². The standard InChI is InChI=1S/C11H22O/c1-2-8-11(12)9-6-4-3-5-7-10-11/h12H,2-10H2,1H3. The third-order valence-electron chi connectivity index (χ3n) is 3.00. The second kappa shape index (κ2) is 4.86. The Morgan fingerprint density at radius 3 is 2.00 bits per heavy atom. The van der Waals surface area contributed by atoms with Crippen molar-refractivity contribution >= 4 is 0 Å². The van der Waals surface area contributed by atoms with Crippen molar-refractivity contribution in [3.8, 4) is 0 Å². The van der Waals surface area contributed by atoms with E-state index in [9.17, 15) is 5.11 Å². The summed E-state index contributed by atoms with van der Waals surface area (Å²) in [4.78, 5) is 0. The zero-order valence-electron chi connectivity index (χ0n) is 8.31. The van der Waals surface area contributed by atoms with Crippen LogP contribution >= 0.6 is 0 Å². The Morgan fingerprint density at radius 2 is 1.50 bits per heavy atom. The summed E-state index contributed by atoms with van der Waals surface area (Å²) < 4.78 is 0. The molecule has 0 unspecified atom stereocenters. The lowest BCUT2D eigenvalue weighted by Crippen LogP contribution is -2.29. The summed E-state index contributed by atoms with van der Waals surface area (Å²) in [6.45, 7) is 2.16. The lowest BCUT2D eigenvalue weighted by molar-refractivity contribution is 0.00540. The molecule has 0 atom stereocenters. The minimum absolute atomic E-state index is 0.296. The molecule has 1 saturated carbocycles. The van der Waals surface area contributed by atoms with Crippen molar-refractivity contribution in [2.45, 2.75) is 70.3 Å². The summed E-state index contributed by atoms with van der Waals surface area (Å²) >= 11 is 0. The van der Waals surface area contributed by atoms with Gasteiger partial charge < -0.3 is 5.11 Å². The molecule has 0 saturated heterocycles. The summed E-state index contributed by atoms with van der Waals surface area (Å²) in [5.41, 5.74) is -0.296. The Morgan fingerprint density at radius 1 is 1.00 bits per heavy atom. The van der Waals surface area contributed by atoms with E-state index in [1.54, 1.807) is 0 Å². The van der Waals surface area contributed by atoms with Crippen LogP contribution in [0.1, 0.15) is 64.7 Å². The van der Waals surface area contributed by atoms with E-state index in [1.165, 1.54) is 32.1 Å². The zero-order chi connectivity index (χ0) is 8.86. The normalized spacial score (nSPS) is 24.5. The van der Waals surface area contributed by atoms with Crippen LogP contribution in [0.25, 0.3) is 0 Å². The van der Waals surface area contributed by atoms with Crippen LogP contribution in [0, 0.1) is 0 Å². The highest BCUT2D eigenvalue weighted by Crippen LogP contribution is 2.29. The van der Waals surface area contributed by atoms with Crippen molar-refractivity contribution in [2.24, 2.45) is 0 Å². The van der Waals surface area contributed by atoms with Gasteiger partial charge in [0.15, 0.2) is 0 Å². The summed E-state index contributed by atoms with van der Waals surface area (Å²) in [7, 11) is 0. The van der Waals surface area contributed by atoms with Crippen LogP contribution in [0.4, 0.5) is 0 Å². The van der Waals surface area contributed by atoms with Gasteiger partial charge in [0.25, 0.3) is 0 Å². The topological polar surface area (TPSA) is 20.2 Å². The van der Waals surface area contributed by atoms with Gasteiger partial charge >= 0.3 is 0 Å². The molecule has 12 heavy (non-hydrogen) atoms. The van der Waals surface area contributed by atoms with Crippen LogP contribution in [0.15, 0.2) is 0 Å². The Kier molecular flexibility index (Phi) is 4.07. The summed E-state index contributed by atoms with van der Waals surface area (Å²) in [5.74, 6) is 0. The molecule has 0 aromatic carbocycles. The van der Waals surface area contributed by atoms with Gasteiger partial charge in [-0.2, -0.15) is 0 Å². The summed E-state index contributed by atoms with van der Waals surface area (Å²) in [5, 5.41) is 10.2. The van der Waals surface area contributed by atoms with Gasteiger partial charge in [0.1, 0.15) is 0 Å². The quantitative estimate of drug-likeness (QED) is 0.674. The van der Waals surface area contributed by atoms with E-state index in [4.69, 9.17) is 0 Å². The molecule has 0 aromatic rings. The first kappa shape index (κ1) is 10.0. The second-order valence-corrected chi connectivity index (χ2v) is 4.24. The first-order chi connectivity index (χ1) is 5.77. The molecule has 0 aromatic heterocycles. The van der Waals surface area contributed by atoms with E-state index in [-0.39, 0.29) is 5.60 Å². The van der Waals surface area contributed by atoms with Gasteiger partial charge in [-0.05, 0) is 19.3 Å². The SMILES string of the molecule is CCCC1(O)CCCCCCC1. The average Bonchev–Trinajstić information content (AvgIpc) is 1.99. The fraction of sp³-hybridized carbons (Fsp3) is 1.00. The van der Waals surface area contributed by atoms with Gasteiger partial charge in [-0.1, -0.05) is 45.4 Å². The molecule has 0 heterocycles. The van der Waals surface area contributed by atoms with Crippen molar-refractivity contribution in [1.82, 2.24) is 0 Å². The van der Waals surface area contributed by atoms with Gasteiger partial charge in [0, 0.05) is 0 Å². The molecule has 1 nitrogen and oxygen atoms in total. The van der Waals surface area contributed by atoms with Gasteiger partial charge in [-0.3, -0.25) is 0 Å². The Hall–Kier alpha value is -0.0400. The minimum atomic E-state index is -0.296.